The molecule has 36 heavy (non-hydrogen) atoms. The van der Waals surface area contributed by atoms with E-state index in [2.05, 4.69) is 6.92 Å². The van der Waals surface area contributed by atoms with Gasteiger partial charge in [0.1, 0.15) is 6.10 Å². The summed E-state index contributed by atoms with van der Waals surface area (Å²) in [6.07, 6.45) is 6.62. The van der Waals surface area contributed by atoms with Crippen LogP contribution in [0, 0.1) is 23.7 Å². The molecule has 0 aliphatic carbocycles. The molecule has 210 valence electrons. The molecule has 1 aliphatic rings. The van der Waals surface area contributed by atoms with Gasteiger partial charge in [-0.3, -0.25) is 9.59 Å². The summed E-state index contributed by atoms with van der Waals surface area (Å²) < 4.78 is 17.4. The zero-order valence-electron chi connectivity index (χ0n) is 23.8. The van der Waals surface area contributed by atoms with Crippen LogP contribution >= 0.6 is 0 Å². The van der Waals surface area contributed by atoms with Gasteiger partial charge in [-0.15, -0.1) is 0 Å². The summed E-state index contributed by atoms with van der Waals surface area (Å²) in [6.45, 7) is 12.4. The van der Waals surface area contributed by atoms with E-state index in [-0.39, 0.29) is 53.8 Å². The Labute approximate surface area is 218 Å². The van der Waals surface area contributed by atoms with Crippen LogP contribution in [0.5, 0.6) is 0 Å². The number of likely N-dealkylation sites (tertiary alicyclic amines) is 1. The first-order valence-electron chi connectivity index (χ1n) is 13.6. The standard InChI is InChI=1S/C28H52N2O6/c1-18(2)23(31)17-25(34-7)22(29)12-13-24(36-28(33)19(3)4)21(6)27(35-8)20(5)14-16-30-15-10-9-11-26(30)32/h14,16,18-25,27,31H,9-13,15,17,29H2,1-8H3/b16-14+/t20-,21+,22+,23+,24-,25+,27-/m1/s1. The molecule has 1 amide bonds. The minimum Gasteiger partial charge on any atom is -0.462 e. The molecule has 1 heterocycles. The Balaban J connectivity index is 2.94. The van der Waals surface area contributed by atoms with Crippen molar-refractivity contribution in [1.82, 2.24) is 4.90 Å². The van der Waals surface area contributed by atoms with Crippen molar-refractivity contribution in [3.63, 3.8) is 0 Å². The molecule has 0 unspecified atom stereocenters. The summed E-state index contributed by atoms with van der Waals surface area (Å²) in [5, 5.41) is 10.3. The molecule has 1 aliphatic heterocycles. The number of aliphatic hydroxyl groups excluding tert-OH is 1. The molecule has 1 fully saturated rings. The molecule has 0 aromatic carbocycles. The molecule has 0 aromatic heterocycles. The van der Waals surface area contributed by atoms with Crippen molar-refractivity contribution in [2.24, 2.45) is 29.4 Å². The van der Waals surface area contributed by atoms with E-state index in [4.69, 9.17) is 19.9 Å². The Morgan fingerprint density at radius 3 is 2.25 bits per heavy atom. The van der Waals surface area contributed by atoms with Gasteiger partial charge < -0.3 is 30.0 Å². The summed E-state index contributed by atoms with van der Waals surface area (Å²) in [4.78, 5) is 26.5. The molecule has 0 radical (unpaired) electrons. The van der Waals surface area contributed by atoms with E-state index in [0.29, 0.717) is 25.7 Å². The van der Waals surface area contributed by atoms with E-state index < -0.39 is 12.2 Å². The Bertz CT molecular complexity index is 683. The van der Waals surface area contributed by atoms with Crippen LogP contribution in [0.3, 0.4) is 0 Å². The second-order valence-electron chi connectivity index (χ2n) is 11.0. The molecular formula is C28H52N2O6. The fourth-order valence-corrected chi connectivity index (χ4v) is 4.67. The third kappa shape index (κ3) is 10.5. The van der Waals surface area contributed by atoms with Crippen LogP contribution in [0.2, 0.25) is 0 Å². The third-order valence-corrected chi connectivity index (χ3v) is 7.37. The van der Waals surface area contributed by atoms with Gasteiger partial charge in [0.25, 0.3) is 0 Å². The van der Waals surface area contributed by atoms with Gasteiger partial charge in [-0.1, -0.05) is 47.6 Å². The summed E-state index contributed by atoms with van der Waals surface area (Å²) in [7, 11) is 3.28. The average molecular weight is 513 g/mol. The third-order valence-electron chi connectivity index (χ3n) is 7.37. The minimum atomic E-state index is -0.494. The first-order chi connectivity index (χ1) is 16.9. The maximum atomic E-state index is 12.6. The number of esters is 1. The summed E-state index contributed by atoms with van der Waals surface area (Å²) in [5.41, 5.74) is 6.47. The van der Waals surface area contributed by atoms with Gasteiger partial charge in [-0.25, -0.2) is 0 Å². The van der Waals surface area contributed by atoms with Crippen LogP contribution < -0.4 is 5.73 Å². The van der Waals surface area contributed by atoms with Gasteiger partial charge >= 0.3 is 5.97 Å². The van der Waals surface area contributed by atoms with Gasteiger partial charge in [-0.2, -0.15) is 0 Å². The maximum absolute atomic E-state index is 12.6. The number of ether oxygens (including phenoxy) is 3. The van der Waals surface area contributed by atoms with E-state index in [9.17, 15) is 14.7 Å². The van der Waals surface area contributed by atoms with E-state index in [1.54, 1.807) is 19.1 Å². The highest BCUT2D eigenvalue weighted by atomic mass is 16.5. The maximum Gasteiger partial charge on any atom is 0.308 e. The average Bonchev–Trinajstić information content (AvgIpc) is 2.84. The molecule has 1 rings (SSSR count). The molecular weight excluding hydrogens is 460 g/mol. The van der Waals surface area contributed by atoms with Crippen LogP contribution in [0.4, 0.5) is 0 Å². The number of carbonyl (C=O) groups is 2. The number of amides is 1. The largest absolute Gasteiger partial charge is 0.462 e. The molecule has 8 heteroatoms. The highest BCUT2D eigenvalue weighted by Gasteiger charge is 2.33. The van der Waals surface area contributed by atoms with Crippen molar-refractivity contribution >= 4 is 11.9 Å². The smallest absolute Gasteiger partial charge is 0.308 e. The Morgan fingerprint density at radius 2 is 1.72 bits per heavy atom. The molecule has 7 atom stereocenters. The molecule has 0 spiro atoms. The minimum absolute atomic E-state index is 0.00145. The predicted octanol–water partition coefficient (Wildman–Crippen LogP) is 3.90. The van der Waals surface area contributed by atoms with E-state index in [1.165, 1.54) is 0 Å². The number of carbonyl (C=O) groups excluding carboxylic acids is 2. The second-order valence-corrected chi connectivity index (χ2v) is 11.0. The Kier molecular flexibility index (Phi) is 14.8. The first-order valence-corrected chi connectivity index (χ1v) is 13.6. The van der Waals surface area contributed by atoms with Crippen molar-refractivity contribution in [2.45, 2.75) is 111 Å². The van der Waals surface area contributed by atoms with Crippen LogP contribution in [0.15, 0.2) is 12.3 Å². The number of hydrogen-bond acceptors (Lipinski definition) is 7. The number of methoxy groups -OCH3 is 2. The molecule has 0 saturated carbocycles. The summed E-state index contributed by atoms with van der Waals surface area (Å²) >= 11 is 0. The summed E-state index contributed by atoms with van der Waals surface area (Å²) in [5.74, 6) is -0.336. The lowest BCUT2D eigenvalue weighted by molar-refractivity contribution is -0.159. The molecule has 0 aromatic rings. The molecule has 0 bridgehead atoms. The molecule has 3 N–H and O–H groups in total. The van der Waals surface area contributed by atoms with Crippen LogP contribution in [0.25, 0.3) is 0 Å². The van der Waals surface area contributed by atoms with Crippen molar-refractivity contribution < 1.29 is 28.9 Å². The van der Waals surface area contributed by atoms with Gasteiger partial charge in [0.15, 0.2) is 0 Å². The van der Waals surface area contributed by atoms with Crippen LogP contribution in [0.1, 0.15) is 80.1 Å². The lowest BCUT2D eigenvalue weighted by Gasteiger charge is -2.34. The van der Waals surface area contributed by atoms with Gasteiger partial charge in [0, 0.05) is 57.7 Å². The SMILES string of the molecule is CO[C@@H]([C@@H](C)[C@@H](CC[C@H](N)[C@H](C[C@H](O)C(C)C)OC)OC(=O)C(C)C)[C@H](C)/C=C/N1CCCCC1=O. The second kappa shape index (κ2) is 16.4. The van der Waals surface area contributed by atoms with E-state index in [0.717, 1.165) is 19.4 Å². The lowest BCUT2D eigenvalue weighted by Crippen LogP contribution is -2.42. The number of aliphatic hydroxyl groups is 1. The first kappa shape index (κ1) is 32.5. The van der Waals surface area contributed by atoms with Gasteiger partial charge in [0.05, 0.1) is 24.2 Å². The van der Waals surface area contributed by atoms with Crippen molar-refractivity contribution in [3.05, 3.63) is 12.3 Å². The van der Waals surface area contributed by atoms with E-state index >= 15 is 0 Å². The number of nitrogens with zero attached hydrogens (tertiary/aromatic N) is 1. The van der Waals surface area contributed by atoms with E-state index in [1.807, 2.05) is 46.9 Å². The molecule has 1 saturated heterocycles. The lowest BCUT2D eigenvalue weighted by atomic mass is 9.85. The number of nitrogens with two attached hydrogens (primary N) is 1. The number of piperidine rings is 1. The highest BCUT2D eigenvalue weighted by Crippen LogP contribution is 2.27. The fraction of sp³-hybridized carbons (Fsp3) is 0.857. The summed E-state index contributed by atoms with van der Waals surface area (Å²) in [6, 6.07) is -0.306. The number of rotatable bonds is 16. The monoisotopic (exact) mass is 512 g/mol. The Morgan fingerprint density at radius 1 is 1.06 bits per heavy atom. The van der Waals surface area contributed by atoms with Crippen molar-refractivity contribution in [2.75, 3.05) is 20.8 Å². The highest BCUT2D eigenvalue weighted by molar-refractivity contribution is 5.77. The van der Waals surface area contributed by atoms with Gasteiger partial charge in [-0.05, 0) is 31.6 Å². The van der Waals surface area contributed by atoms with Crippen LogP contribution in [-0.2, 0) is 23.8 Å². The van der Waals surface area contributed by atoms with Crippen LogP contribution in [-0.4, -0.2) is 73.1 Å². The van der Waals surface area contributed by atoms with Crippen molar-refractivity contribution in [1.29, 1.82) is 0 Å². The topological polar surface area (TPSA) is 111 Å². The number of hydrogen-bond donors (Lipinski definition) is 2. The zero-order valence-corrected chi connectivity index (χ0v) is 23.8. The Hall–Kier alpha value is -1.48. The normalized spacial score (nSPS) is 20.9. The van der Waals surface area contributed by atoms with Crippen molar-refractivity contribution in [3.8, 4) is 0 Å². The van der Waals surface area contributed by atoms with Gasteiger partial charge in [0.2, 0.25) is 5.91 Å². The zero-order chi connectivity index (χ0) is 27.4. The fourth-order valence-electron chi connectivity index (χ4n) is 4.67. The predicted molar refractivity (Wildman–Crippen MR) is 142 cm³/mol. The molecule has 8 nitrogen and oxygen atoms in total. The quantitative estimate of drug-likeness (QED) is 0.302.